The topological polar surface area (TPSA) is 84.5 Å². The van der Waals surface area contributed by atoms with Crippen molar-refractivity contribution >= 4 is 37.5 Å². The first-order chi connectivity index (χ1) is 13.9. The molecule has 0 saturated heterocycles. The standard InChI is InChI=1S/C21H19BrN2O4S/c1-28-19-9-5-15(6-10-19)14-23-21(25)16-3-2-4-18(13-16)24-29(26,27)20-11-7-17(22)8-12-20/h2-13,24H,14H2,1H3,(H,23,25). The lowest BCUT2D eigenvalue weighted by Crippen LogP contribution is -2.23. The molecule has 0 saturated carbocycles. The molecular formula is C21H19BrN2O4S. The van der Waals surface area contributed by atoms with E-state index in [0.717, 1.165) is 15.8 Å². The summed E-state index contributed by atoms with van der Waals surface area (Å²) in [5.41, 5.74) is 1.59. The molecule has 3 rings (SSSR count). The van der Waals surface area contributed by atoms with Gasteiger partial charge in [0.05, 0.1) is 12.0 Å². The van der Waals surface area contributed by atoms with Gasteiger partial charge in [-0.25, -0.2) is 8.42 Å². The largest absolute Gasteiger partial charge is 0.497 e. The van der Waals surface area contributed by atoms with Crippen molar-refractivity contribution in [3.63, 3.8) is 0 Å². The molecule has 8 heteroatoms. The van der Waals surface area contributed by atoms with Gasteiger partial charge in [-0.05, 0) is 60.2 Å². The maximum absolute atomic E-state index is 12.5. The molecular weight excluding hydrogens is 456 g/mol. The molecule has 3 aromatic carbocycles. The van der Waals surface area contributed by atoms with Crippen molar-refractivity contribution in [2.75, 3.05) is 11.8 Å². The van der Waals surface area contributed by atoms with Gasteiger partial charge in [0.1, 0.15) is 5.75 Å². The van der Waals surface area contributed by atoms with Gasteiger partial charge < -0.3 is 10.1 Å². The first kappa shape index (κ1) is 20.9. The van der Waals surface area contributed by atoms with Gasteiger partial charge in [-0.3, -0.25) is 9.52 Å². The molecule has 2 N–H and O–H groups in total. The minimum Gasteiger partial charge on any atom is -0.497 e. The van der Waals surface area contributed by atoms with Crippen molar-refractivity contribution in [3.8, 4) is 5.75 Å². The predicted molar refractivity (Wildman–Crippen MR) is 116 cm³/mol. The fourth-order valence-corrected chi connectivity index (χ4v) is 3.89. The fourth-order valence-electron chi connectivity index (χ4n) is 2.58. The van der Waals surface area contributed by atoms with E-state index in [0.29, 0.717) is 17.8 Å². The molecule has 0 unspecified atom stereocenters. The van der Waals surface area contributed by atoms with Crippen molar-refractivity contribution in [1.29, 1.82) is 0 Å². The van der Waals surface area contributed by atoms with Crippen LogP contribution in [0.15, 0.2) is 82.2 Å². The van der Waals surface area contributed by atoms with Gasteiger partial charge in [0.2, 0.25) is 0 Å². The van der Waals surface area contributed by atoms with Crippen LogP contribution in [-0.2, 0) is 16.6 Å². The maximum Gasteiger partial charge on any atom is 0.261 e. The number of benzene rings is 3. The van der Waals surface area contributed by atoms with Gasteiger partial charge in [-0.15, -0.1) is 0 Å². The Morgan fingerprint density at radius 1 is 1.00 bits per heavy atom. The summed E-state index contributed by atoms with van der Waals surface area (Å²) in [7, 11) is -2.16. The number of nitrogens with one attached hydrogen (secondary N) is 2. The first-order valence-electron chi connectivity index (χ1n) is 8.67. The minimum atomic E-state index is -3.75. The van der Waals surface area contributed by atoms with E-state index < -0.39 is 10.0 Å². The summed E-state index contributed by atoms with van der Waals surface area (Å²) in [6, 6.07) is 20.0. The van der Waals surface area contributed by atoms with Gasteiger partial charge in [0.25, 0.3) is 15.9 Å². The van der Waals surface area contributed by atoms with E-state index in [1.807, 2.05) is 24.3 Å². The zero-order valence-corrected chi connectivity index (χ0v) is 18.0. The molecule has 0 fully saturated rings. The van der Waals surface area contributed by atoms with E-state index in [1.54, 1.807) is 37.4 Å². The number of sulfonamides is 1. The molecule has 0 aliphatic rings. The average molecular weight is 475 g/mol. The van der Waals surface area contributed by atoms with E-state index in [9.17, 15) is 13.2 Å². The summed E-state index contributed by atoms with van der Waals surface area (Å²) in [5.74, 6) is 0.441. The van der Waals surface area contributed by atoms with Crippen LogP contribution >= 0.6 is 15.9 Å². The number of methoxy groups -OCH3 is 1. The van der Waals surface area contributed by atoms with Gasteiger partial charge in [0.15, 0.2) is 0 Å². The fraction of sp³-hybridized carbons (Fsp3) is 0.0952. The van der Waals surface area contributed by atoms with Crippen LogP contribution in [0.4, 0.5) is 5.69 Å². The first-order valence-corrected chi connectivity index (χ1v) is 10.9. The molecule has 3 aromatic rings. The Kier molecular flexibility index (Phi) is 6.56. The molecule has 0 heterocycles. The molecule has 29 heavy (non-hydrogen) atoms. The molecule has 6 nitrogen and oxygen atoms in total. The normalized spacial score (nSPS) is 11.0. The number of rotatable bonds is 7. The number of carbonyl (C=O) groups is 1. The Bertz CT molecular complexity index is 1100. The summed E-state index contributed by atoms with van der Waals surface area (Å²) in [6.45, 7) is 0.345. The summed E-state index contributed by atoms with van der Waals surface area (Å²) in [4.78, 5) is 12.6. The second-order valence-corrected chi connectivity index (χ2v) is 8.77. The van der Waals surface area contributed by atoms with Crippen LogP contribution < -0.4 is 14.8 Å². The van der Waals surface area contributed by atoms with Crippen molar-refractivity contribution in [2.45, 2.75) is 11.4 Å². The molecule has 0 aromatic heterocycles. The van der Waals surface area contributed by atoms with Crippen LogP contribution in [0.1, 0.15) is 15.9 Å². The highest BCUT2D eigenvalue weighted by atomic mass is 79.9. The Hall–Kier alpha value is -2.84. The quantitative estimate of drug-likeness (QED) is 0.537. The van der Waals surface area contributed by atoms with Crippen LogP contribution in [0, 0.1) is 0 Å². The van der Waals surface area contributed by atoms with Crippen LogP contribution in [0.25, 0.3) is 0 Å². The zero-order chi connectivity index (χ0) is 20.9. The monoisotopic (exact) mass is 474 g/mol. The number of anilines is 1. The van der Waals surface area contributed by atoms with Gasteiger partial charge in [-0.1, -0.05) is 34.1 Å². The number of hydrogen-bond donors (Lipinski definition) is 2. The van der Waals surface area contributed by atoms with Crippen LogP contribution in [-0.4, -0.2) is 21.4 Å². The van der Waals surface area contributed by atoms with Crippen LogP contribution in [0.3, 0.4) is 0 Å². The van der Waals surface area contributed by atoms with Crippen molar-refractivity contribution in [2.24, 2.45) is 0 Å². The van der Waals surface area contributed by atoms with Crippen LogP contribution in [0.2, 0.25) is 0 Å². The zero-order valence-electron chi connectivity index (χ0n) is 15.6. The molecule has 0 spiro atoms. The lowest BCUT2D eigenvalue weighted by Gasteiger charge is -2.10. The van der Waals surface area contributed by atoms with Crippen molar-refractivity contribution in [1.82, 2.24) is 5.32 Å². The molecule has 0 aliphatic heterocycles. The number of halogens is 1. The predicted octanol–water partition coefficient (Wildman–Crippen LogP) is 4.19. The summed E-state index contributed by atoms with van der Waals surface area (Å²) in [5, 5.41) is 2.82. The summed E-state index contributed by atoms with van der Waals surface area (Å²) >= 11 is 3.28. The SMILES string of the molecule is COc1ccc(CNC(=O)c2cccc(NS(=O)(=O)c3ccc(Br)cc3)c2)cc1. The van der Waals surface area contributed by atoms with E-state index in [-0.39, 0.29) is 10.8 Å². The van der Waals surface area contributed by atoms with Gasteiger partial charge >= 0.3 is 0 Å². The Labute approximate surface area is 178 Å². The number of amides is 1. The highest BCUT2D eigenvalue weighted by Crippen LogP contribution is 2.19. The van der Waals surface area contributed by atoms with Gasteiger partial charge in [-0.2, -0.15) is 0 Å². The van der Waals surface area contributed by atoms with E-state index in [1.165, 1.54) is 18.2 Å². The second-order valence-electron chi connectivity index (χ2n) is 6.17. The molecule has 0 bridgehead atoms. The van der Waals surface area contributed by atoms with Gasteiger partial charge in [0, 0.05) is 22.3 Å². The molecule has 0 aliphatic carbocycles. The lowest BCUT2D eigenvalue weighted by molar-refractivity contribution is 0.0951. The summed E-state index contributed by atoms with van der Waals surface area (Å²) < 4.78 is 33.4. The third kappa shape index (κ3) is 5.58. The Morgan fingerprint density at radius 3 is 2.34 bits per heavy atom. The third-order valence-electron chi connectivity index (χ3n) is 4.11. The average Bonchev–Trinajstić information content (AvgIpc) is 2.72. The molecule has 1 amide bonds. The Morgan fingerprint density at radius 2 is 1.69 bits per heavy atom. The van der Waals surface area contributed by atoms with E-state index >= 15 is 0 Å². The number of hydrogen-bond acceptors (Lipinski definition) is 4. The molecule has 0 radical (unpaired) electrons. The summed E-state index contributed by atoms with van der Waals surface area (Å²) in [6.07, 6.45) is 0. The Balaban J connectivity index is 1.68. The van der Waals surface area contributed by atoms with Crippen LogP contribution in [0.5, 0.6) is 5.75 Å². The van der Waals surface area contributed by atoms with E-state index in [4.69, 9.17) is 4.74 Å². The lowest BCUT2D eigenvalue weighted by atomic mass is 10.1. The second kappa shape index (κ2) is 9.11. The van der Waals surface area contributed by atoms with Crippen molar-refractivity contribution < 1.29 is 17.9 Å². The maximum atomic E-state index is 12.5. The smallest absolute Gasteiger partial charge is 0.261 e. The number of ether oxygens (including phenoxy) is 1. The molecule has 0 atom stereocenters. The number of carbonyl (C=O) groups excluding carboxylic acids is 1. The minimum absolute atomic E-state index is 0.134. The highest BCUT2D eigenvalue weighted by Gasteiger charge is 2.15. The van der Waals surface area contributed by atoms with Crippen molar-refractivity contribution in [3.05, 3.63) is 88.4 Å². The molecule has 150 valence electrons. The highest BCUT2D eigenvalue weighted by molar-refractivity contribution is 9.10. The van der Waals surface area contributed by atoms with E-state index in [2.05, 4.69) is 26.0 Å². The third-order valence-corrected chi connectivity index (χ3v) is 6.04.